The summed E-state index contributed by atoms with van der Waals surface area (Å²) in [6, 6.07) is -0.249. The van der Waals surface area contributed by atoms with Crippen LogP contribution in [0.15, 0.2) is 10.6 Å². The molecule has 3 saturated heterocycles. The summed E-state index contributed by atoms with van der Waals surface area (Å²) < 4.78 is 32.7. The molecule has 1 unspecified atom stereocenters. The summed E-state index contributed by atoms with van der Waals surface area (Å²) in [5, 5.41) is 8.43. The highest BCUT2D eigenvalue weighted by molar-refractivity contribution is 6.20. The minimum absolute atomic E-state index is 0.0544. The number of anilines is 1. The molecule has 5 amide bonds. The number of fused-ring (bicyclic) bond motifs is 5. The molecular formula is C23H24FN5O7. The fourth-order valence-corrected chi connectivity index (χ4v) is 6.02. The van der Waals surface area contributed by atoms with Gasteiger partial charge in [0.25, 0.3) is 5.91 Å². The first kappa shape index (κ1) is 22.9. The van der Waals surface area contributed by atoms with Gasteiger partial charge in [0.15, 0.2) is 16.9 Å². The van der Waals surface area contributed by atoms with Crippen molar-refractivity contribution in [3.8, 4) is 0 Å². The molecule has 0 saturated carbocycles. The Morgan fingerprint density at radius 2 is 1.86 bits per heavy atom. The summed E-state index contributed by atoms with van der Waals surface area (Å²) in [5.74, 6) is -2.72. The number of nitrogens with zero attached hydrogens (tertiary/aromatic N) is 3. The van der Waals surface area contributed by atoms with Gasteiger partial charge in [0.2, 0.25) is 17.4 Å². The monoisotopic (exact) mass is 501 g/mol. The van der Waals surface area contributed by atoms with Crippen LogP contribution in [0.4, 0.5) is 14.9 Å². The Bertz CT molecular complexity index is 1300. The Balaban J connectivity index is 1.53. The van der Waals surface area contributed by atoms with Crippen LogP contribution >= 0.6 is 0 Å². The quantitative estimate of drug-likeness (QED) is 0.529. The fourth-order valence-electron chi connectivity index (χ4n) is 6.02. The molecule has 3 atom stereocenters. The van der Waals surface area contributed by atoms with Gasteiger partial charge in [0.05, 0.1) is 42.5 Å². The van der Waals surface area contributed by atoms with Crippen molar-refractivity contribution in [3.05, 3.63) is 23.1 Å². The molecule has 1 aromatic carbocycles. The van der Waals surface area contributed by atoms with E-state index >= 15 is 4.39 Å². The Labute approximate surface area is 204 Å². The number of morpholine rings is 2. The first-order valence-electron chi connectivity index (χ1n) is 11.8. The van der Waals surface area contributed by atoms with Crippen molar-refractivity contribution >= 4 is 40.4 Å². The molecule has 2 aromatic rings. The van der Waals surface area contributed by atoms with Crippen LogP contribution in [-0.2, 0) is 25.5 Å². The van der Waals surface area contributed by atoms with E-state index in [0.29, 0.717) is 31.9 Å². The molecule has 0 aliphatic carbocycles. The Morgan fingerprint density at radius 1 is 1.17 bits per heavy atom. The number of nitrogens with one attached hydrogen (secondary N) is 2. The van der Waals surface area contributed by atoms with Gasteiger partial charge in [-0.15, -0.1) is 0 Å². The minimum Gasteiger partial charge on any atom is -0.378 e. The molecule has 2 N–H and O–H groups in total. The Morgan fingerprint density at radius 3 is 2.56 bits per heavy atom. The van der Waals surface area contributed by atoms with Gasteiger partial charge in [-0.1, -0.05) is 5.16 Å². The van der Waals surface area contributed by atoms with Gasteiger partial charge in [0, 0.05) is 26.1 Å². The zero-order chi connectivity index (χ0) is 25.4. The second-order valence-corrected chi connectivity index (χ2v) is 9.65. The third kappa shape index (κ3) is 3.08. The number of rotatable bonds is 1. The second kappa shape index (κ2) is 7.96. The molecule has 0 bridgehead atoms. The molecule has 13 heteroatoms. The Kier molecular flexibility index (Phi) is 5.06. The molecule has 5 heterocycles. The van der Waals surface area contributed by atoms with E-state index in [1.54, 1.807) is 22.8 Å². The largest absolute Gasteiger partial charge is 0.378 e. The molecule has 36 heavy (non-hydrogen) atoms. The number of imide groups is 2. The summed E-state index contributed by atoms with van der Waals surface area (Å²) in [4.78, 5) is 54.8. The molecule has 190 valence electrons. The molecule has 1 aromatic heterocycles. The normalized spacial score (nSPS) is 27.5. The average molecular weight is 501 g/mol. The van der Waals surface area contributed by atoms with E-state index in [-0.39, 0.29) is 41.4 Å². The molecule has 6 rings (SSSR count). The number of amides is 5. The summed E-state index contributed by atoms with van der Waals surface area (Å²) in [5.41, 5.74) is -1.50. The molecule has 4 aliphatic heterocycles. The van der Waals surface area contributed by atoms with Gasteiger partial charge >= 0.3 is 6.03 Å². The molecule has 3 fully saturated rings. The lowest BCUT2D eigenvalue weighted by Gasteiger charge is -2.55. The maximum absolute atomic E-state index is 16.1. The number of aromatic nitrogens is 1. The first-order valence-corrected chi connectivity index (χ1v) is 11.8. The third-order valence-electron chi connectivity index (χ3n) is 7.47. The van der Waals surface area contributed by atoms with Crippen LogP contribution in [0.5, 0.6) is 0 Å². The molecule has 0 radical (unpaired) electrons. The Hall–Kier alpha value is -3.58. The van der Waals surface area contributed by atoms with Crippen molar-refractivity contribution in [2.75, 3.05) is 37.7 Å². The number of hydrogen-bond donors (Lipinski definition) is 2. The second-order valence-electron chi connectivity index (χ2n) is 9.65. The van der Waals surface area contributed by atoms with E-state index in [2.05, 4.69) is 15.8 Å². The van der Waals surface area contributed by atoms with Crippen molar-refractivity contribution in [1.29, 1.82) is 0 Å². The van der Waals surface area contributed by atoms with E-state index < -0.39 is 47.1 Å². The topological polar surface area (TPSA) is 143 Å². The van der Waals surface area contributed by atoms with Crippen molar-refractivity contribution in [2.45, 2.75) is 38.5 Å². The van der Waals surface area contributed by atoms with E-state index in [1.165, 1.54) is 0 Å². The number of carbonyl (C=O) groups excluding carboxylic acids is 4. The number of carbonyl (C=O) groups is 4. The predicted molar refractivity (Wildman–Crippen MR) is 120 cm³/mol. The fraction of sp³-hybridized carbons (Fsp3) is 0.522. The van der Waals surface area contributed by atoms with Gasteiger partial charge in [0.1, 0.15) is 0 Å². The minimum atomic E-state index is -1.76. The van der Waals surface area contributed by atoms with Crippen LogP contribution in [-0.4, -0.2) is 84.9 Å². The first-order chi connectivity index (χ1) is 17.2. The standard InChI is InChI=1S/C23H24FN5O7/c1-10-9-29-16-12(8-23(18(29)11(2)35-10)20(31)25-22(33)26-21(23)32)7-13-15(27-36-17(13)14(16)24)19(30)28-3-5-34-6-4-28/h7,10-11,18H,3-6,8-9H2,1-2H3,(H2,25,26,31,32,33)/t10-,11+,18?/m1/s1. The zero-order valence-corrected chi connectivity index (χ0v) is 19.6. The SMILES string of the molecule is C[C@@H]1CN2c3c(cc4c(C(=O)N5CCOCC5)noc4c3F)CC3(C(=O)NC(=O)NC3=O)C2[C@H](C)O1. The number of halogens is 1. The van der Waals surface area contributed by atoms with Crippen molar-refractivity contribution in [1.82, 2.24) is 20.7 Å². The number of benzene rings is 1. The van der Waals surface area contributed by atoms with Crippen molar-refractivity contribution in [3.63, 3.8) is 0 Å². The van der Waals surface area contributed by atoms with Gasteiger partial charge in [-0.05, 0) is 25.5 Å². The van der Waals surface area contributed by atoms with Crippen LogP contribution in [0.3, 0.4) is 0 Å². The summed E-state index contributed by atoms with van der Waals surface area (Å²) in [7, 11) is 0. The number of ether oxygens (including phenoxy) is 2. The summed E-state index contributed by atoms with van der Waals surface area (Å²) in [6.45, 7) is 5.20. The molecular weight excluding hydrogens is 477 g/mol. The van der Waals surface area contributed by atoms with Crippen molar-refractivity contribution < 1.29 is 37.6 Å². The lowest BCUT2D eigenvalue weighted by Crippen LogP contribution is -2.75. The highest BCUT2D eigenvalue weighted by atomic mass is 19.1. The predicted octanol–water partition coefficient (Wildman–Crippen LogP) is 0.330. The summed E-state index contributed by atoms with van der Waals surface area (Å²) >= 11 is 0. The maximum atomic E-state index is 16.1. The zero-order valence-electron chi connectivity index (χ0n) is 19.6. The van der Waals surface area contributed by atoms with E-state index in [4.69, 9.17) is 14.0 Å². The lowest BCUT2D eigenvalue weighted by atomic mass is 9.66. The molecule has 1 spiro atoms. The van der Waals surface area contributed by atoms with Crippen LogP contribution in [0.2, 0.25) is 0 Å². The van der Waals surface area contributed by atoms with E-state index in [1.807, 2.05) is 6.92 Å². The van der Waals surface area contributed by atoms with E-state index in [9.17, 15) is 19.2 Å². The van der Waals surface area contributed by atoms with E-state index in [0.717, 1.165) is 0 Å². The van der Waals surface area contributed by atoms with Crippen molar-refractivity contribution in [2.24, 2.45) is 5.41 Å². The van der Waals surface area contributed by atoms with Crippen LogP contribution in [0.1, 0.15) is 29.9 Å². The maximum Gasteiger partial charge on any atom is 0.328 e. The average Bonchev–Trinajstić information content (AvgIpc) is 3.26. The molecule has 12 nitrogen and oxygen atoms in total. The summed E-state index contributed by atoms with van der Waals surface area (Å²) in [6.07, 6.45) is -1.19. The van der Waals surface area contributed by atoms with Gasteiger partial charge < -0.3 is 23.8 Å². The van der Waals surface area contributed by atoms with Gasteiger partial charge in [-0.3, -0.25) is 25.0 Å². The molecule has 4 aliphatic rings. The smallest absolute Gasteiger partial charge is 0.328 e. The third-order valence-corrected chi connectivity index (χ3v) is 7.47. The highest BCUT2D eigenvalue weighted by Crippen LogP contribution is 2.49. The lowest BCUT2D eigenvalue weighted by molar-refractivity contribution is -0.153. The van der Waals surface area contributed by atoms with Crippen LogP contribution < -0.4 is 15.5 Å². The number of hydrogen-bond acceptors (Lipinski definition) is 9. The number of urea groups is 1. The van der Waals surface area contributed by atoms with Gasteiger partial charge in [-0.25, -0.2) is 9.18 Å². The highest BCUT2D eigenvalue weighted by Gasteiger charge is 2.63. The number of barbiturate groups is 1. The van der Waals surface area contributed by atoms with Crippen LogP contribution in [0, 0.1) is 11.2 Å². The van der Waals surface area contributed by atoms with Crippen LogP contribution in [0.25, 0.3) is 11.0 Å². The van der Waals surface area contributed by atoms with Gasteiger partial charge in [-0.2, -0.15) is 0 Å².